The smallest absolute Gasteiger partial charge is 0.251 e. The van der Waals surface area contributed by atoms with Gasteiger partial charge in [-0.15, -0.1) is 22.7 Å². The maximum atomic E-state index is 12.1. The van der Waals surface area contributed by atoms with Crippen LogP contribution in [0.15, 0.2) is 28.1 Å². The number of anilines is 1. The van der Waals surface area contributed by atoms with Gasteiger partial charge in [0, 0.05) is 10.9 Å². The summed E-state index contributed by atoms with van der Waals surface area (Å²) < 4.78 is 10.7. The molecule has 1 aliphatic carbocycles. The Morgan fingerprint density at radius 2 is 2.38 bits per heavy atom. The van der Waals surface area contributed by atoms with E-state index in [2.05, 4.69) is 16.5 Å². The minimum atomic E-state index is -0.275. The van der Waals surface area contributed by atoms with Crippen molar-refractivity contribution in [3.63, 3.8) is 0 Å². The monoisotopic (exact) mass is 385 g/mol. The summed E-state index contributed by atoms with van der Waals surface area (Å²) >= 11 is 3.07. The van der Waals surface area contributed by atoms with E-state index in [-0.39, 0.29) is 19.1 Å². The molecule has 0 bridgehead atoms. The standard InChI is InChI=1S/C18H15N3O3S2/c19-8-13-12-3-1-4-15(12)26-18(13)20-17(22)10-23-9-11-7-14(24-21-11)16-5-2-6-25-16/h2,5-7H,1,3-4,9-10H2,(H,20,22). The summed E-state index contributed by atoms with van der Waals surface area (Å²) in [5, 5.41) is 18.7. The third-order valence-corrected chi connectivity index (χ3v) is 6.18. The van der Waals surface area contributed by atoms with Crippen LogP contribution in [0.1, 0.15) is 28.1 Å². The maximum Gasteiger partial charge on any atom is 0.251 e. The van der Waals surface area contributed by atoms with Crippen LogP contribution in [-0.2, 0) is 29.0 Å². The second-order valence-corrected chi connectivity index (χ2v) is 7.93. The lowest BCUT2D eigenvalue weighted by atomic mass is 10.1. The van der Waals surface area contributed by atoms with E-state index in [1.165, 1.54) is 16.2 Å². The highest BCUT2D eigenvalue weighted by molar-refractivity contribution is 7.16. The summed E-state index contributed by atoms with van der Waals surface area (Å²) in [7, 11) is 0. The molecule has 0 aromatic carbocycles. The third-order valence-electron chi connectivity index (χ3n) is 4.09. The van der Waals surface area contributed by atoms with Crippen molar-refractivity contribution in [3.8, 4) is 16.7 Å². The fraction of sp³-hybridized carbons (Fsp3) is 0.278. The predicted molar refractivity (Wildman–Crippen MR) is 99.2 cm³/mol. The van der Waals surface area contributed by atoms with E-state index < -0.39 is 0 Å². The van der Waals surface area contributed by atoms with Crippen molar-refractivity contribution < 1.29 is 14.1 Å². The maximum absolute atomic E-state index is 12.1. The van der Waals surface area contributed by atoms with Gasteiger partial charge in [-0.1, -0.05) is 11.2 Å². The van der Waals surface area contributed by atoms with Gasteiger partial charge in [-0.3, -0.25) is 4.79 Å². The van der Waals surface area contributed by atoms with Crippen LogP contribution in [0.4, 0.5) is 5.00 Å². The molecule has 3 heterocycles. The van der Waals surface area contributed by atoms with Crippen LogP contribution in [0.5, 0.6) is 0 Å². The highest BCUT2D eigenvalue weighted by Gasteiger charge is 2.23. The highest BCUT2D eigenvalue weighted by atomic mass is 32.1. The molecule has 0 atom stereocenters. The molecule has 0 unspecified atom stereocenters. The molecule has 8 heteroatoms. The first-order chi connectivity index (χ1) is 12.7. The van der Waals surface area contributed by atoms with Gasteiger partial charge < -0.3 is 14.6 Å². The zero-order valence-corrected chi connectivity index (χ0v) is 15.4. The summed E-state index contributed by atoms with van der Waals surface area (Å²) in [5.41, 5.74) is 2.33. The van der Waals surface area contributed by atoms with Crippen molar-refractivity contribution in [2.75, 3.05) is 11.9 Å². The number of aryl methyl sites for hydroxylation is 1. The van der Waals surface area contributed by atoms with Gasteiger partial charge in [0.25, 0.3) is 5.91 Å². The Morgan fingerprint density at radius 1 is 1.46 bits per heavy atom. The molecule has 3 aromatic rings. The number of hydrogen-bond acceptors (Lipinski definition) is 7. The average molecular weight is 385 g/mol. The molecule has 132 valence electrons. The van der Waals surface area contributed by atoms with Crippen molar-refractivity contribution in [1.82, 2.24) is 5.16 Å². The lowest BCUT2D eigenvalue weighted by Gasteiger charge is -2.04. The number of thiophene rings is 2. The number of ether oxygens (including phenoxy) is 1. The van der Waals surface area contributed by atoms with Gasteiger partial charge >= 0.3 is 0 Å². The van der Waals surface area contributed by atoms with Gasteiger partial charge in [-0.05, 0) is 36.3 Å². The van der Waals surface area contributed by atoms with Crippen LogP contribution in [0.25, 0.3) is 10.6 Å². The molecule has 26 heavy (non-hydrogen) atoms. The molecule has 0 saturated carbocycles. The lowest BCUT2D eigenvalue weighted by Crippen LogP contribution is -2.18. The zero-order chi connectivity index (χ0) is 17.9. The first-order valence-electron chi connectivity index (χ1n) is 8.16. The SMILES string of the molecule is N#Cc1c(NC(=O)COCc2cc(-c3cccs3)on2)sc2c1CCC2. The number of amides is 1. The highest BCUT2D eigenvalue weighted by Crippen LogP contribution is 2.38. The van der Waals surface area contributed by atoms with Crippen LogP contribution in [-0.4, -0.2) is 17.7 Å². The Kier molecular flexibility index (Phi) is 4.84. The summed E-state index contributed by atoms with van der Waals surface area (Å²) in [6.07, 6.45) is 2.98. The minimum Gasteiger partial charge on any atom is -0.365 e. The molecule has 4 rings (SSSR count). The number of hydrogen-bond donors (Lipinski definition) is 1. The van der Waals surface area contributed by atoms with E-state index in [9.17, 15) is 10.1 Å². The molecule has 0 aliphatic heterocycles. The Bertz CT molecular complexity index is 967. The molecule has 3 aromatic heterocycles. The number of nitrogens with zero attached hydrogens (tertiary/aromatic N) is 2. The molecule has 0 radical (unpaired) electrons. The van der Waals surface area contributed by atoms with Gasteiger partial charge in [0.15, 0.2) is 5.76 Å². The van der Waals surface area contributed by atoms with E-state index in [0.29, 0.717) is 22.0 Å². The van der Waals surface area contributed by atoms with Crippen LogP contribution in [0.3, 0.4) is 0 Å². The van der Waals surface area contributed by atoms with Crippen molar-refractivity contribution in [2.24, 2.45) is 0 Å². The predicted octanol–water partition coefficient (Wildman–Crippen LogP) is 3.98. The number of aromatic nitrogens is 1. The normalized spacial score (nSPS) is 12.7. The van der Waals surface area contributed by atoms with Crippen molar-refractivity contribution in [1.29, 1.82) is 5.26 Å². The van der Waals surface area contributed by atoms with Crippen LogP contribution < -0.4 is 5.32 Å². The largest absolute Gasteiger partial charge is 0.365 e. The molecule has 1 N–H and O–H groups in total. The van der Waals surface area contributed by atoms with E-state index in [4.69, 9.17) is 9.26 Å². The van der Waals surface area contributed by atoms with Gasteiger partial charge in [-0.25, -0.2) is 0 Å². The van der Waals surface area contributed by atoms with Crippen LogP contribution in [0, 0.1) is 11.3 Å². The van der Waals surface area contributed by atoms with Crippen molar-refractivity contribution in [3.05, 3.63) is 45.3 Å². The fourth-order valence-electron chi connectivity index (χ4n) is 2.94. The van der Waals surface area contributed by atoms with Gasteiger partial charge in [0.1, 0.15) is 23.4 Å². The first-order valence-corrected chi connectivity index (χ1v) is 9.86. The topological polar surface area (TPSA) is 88.2 Å². The second kappa shape index (κ2) is 7.41. The lowest BCUT2D eigenvalue weighted by molar-refractivity contribution is -0.121. The second-order valence-electron chi connectivity index (χ2n) is 5.87. The Hall–Kier alpha value is -2.47. The van der Waals surface area contributed by atoms with Crippen LogP contribution >= 0.6 is 22.7 Å². The molecular weight excluding hydrogens is 370 g/mol. The van der Waals surface area contributed by atoms with Gasteiger partial charge in [-0.2, -0.15) is 5.26 Å². The molecule has 0 saturated heterocycles. The number of nitrogens with one attached hydrogen (secondary N) is 1. The summed E-state index contributed by atoms with van der Waals surface area (Å²) in [4.78, 5) is 14.3. The molecular formula is C18H15N3O3S2. The first kappa shape index (κ1) is 17.0. The molecule has 0 spiro atoms. The van der Waals surface area contributed by atoms with E-state index in [1.54, 1.807) is 17.4 Å². The summed E-state index contributed by atoms with van der Waals surface area (Å²) in [6.45, 7) is 0.0863. The number of nitriles is 1. The molecule has 1 aliphatic rings. The number of carbonyl (C=O) groups is 1. The number of rotatable bonds is 6. The molecule has 1 amide bonds. The molecule has 6 nitrogen and oxygen atoms in total. The Morgan fingerprint density at radius 3 is 3.19 bits per heavy atom. The number of fused-ring (bicyclic) bond motifs is 1. The average Bonchev–Trinajstić information content (AvgIpc) is 3.39. The van der Waals surface area contributed by atoms with Crippen molar-refractivity contribution >= 4 is 33.6 Å². The number of carbonyl (C=O) groups excluding carboxylic acids is 1. The fourth-order valence-corrected chi connectivity index (χ4v) is 4.87. The van der Waals surface area contributed by atoms with E-state index in [1.807, 2.05) is 17.5 Å². The Balaban J connectivity index is 1.31. The zero-order valence-electron chi connectivity index (χ0n) is 13.8. The van der Waals surface area contributed by atoms with Crippen LogP contribution in [0.2, 0.25) is 0 Å². The van der Waals surface area contributed by atoms with E-state index >= 15 is 0 Å². The minimum absolute atomic E-state index is 0.103. The summed E-state index contributed by atoms with van der Waals surface area (Å²) in [6, 6.07) is 7.92. The quantitative estimate of drug-likeness (QED) is 0.693. The third kappa shape index (κ3) is 3.42. The van der Waals surface area contributed by atoms with E-state index in [0.717, 1.165) is 29.7 Å². The van der Waals surface area contributed by atoms with Crippen molar-refractivity contribution in [2.45, 2.75) is 25.9 Å². The van der Waals surface area contributed by atoms with Gasteiger partial charge in [0.2, 0.25) is 0 Å². The van der Waals surface area contributed by atoms with Gasteiger partial charge in [0.05, 0.1) is 17.0 Å². The summed E-state index contributed by atoms with van der Waals surface area (Å²) in [5.74, 6) is 0.415. The molecule has 0 fully saturated rings. The Labute approximate surface area is 158 Å².